The van der Waals surface area contributed by atoms with E-state index in [1.54, 1.807) is 12.4 Å². The van der Waals surface area contributed by atoms with Crippen LogP contribution in [-0.4, -0.2) is 11.1 Å². The molecule has 0 aliphatic heterocycles. The maximum atomic E-state index is 11.7. The number of hydrogen-bond donors (Lipinski definition) is 1. The minimum atomic E-state index is -0.455. The van der Waals surface area contributed by atoms with Gasteiger partial charge in [-0.3, -0.25) is 10.3 Å². The molecule has 1 aromatic carbocycles. The summed E-state index contributed by atoms with van der Waals surface area (Å²) in [4.78, 5) is 15.6. The molecule has 1 aromatic heterocycles. The van der Waals surface area contributed by atoms with E-state index in [-0.39, 0.29) is 6.61 Å². The zero-order valence-corrected chi connectivity index (χ0v) is 11.0. The van der Waals surface area contributed by atoms with Gasteiger partial charge in [0.2, 0.25) is 0 Å². The Morgan fingerprint density at radius 1 is 1.21 bits per heavy atom. The number of ether oxygens (including phenoxy) is 1. The molecule has 0 aliphatic rings. The standard InChI is InChI=1S/C15H16N2O2/c1-11-3-4-14(12(2)9-11)17-15(18)19-10-13-5-7-16-8-6-13/h3-9H,10H2,1-2H3,(H,17,18). The molecule has 1 heterocycles. The summed E-state index contributed by atoms with van der Waals surface area (Å²) in [5.41, 5.74) is 3.85. The summed E-state index contributed by atoms with van der Waals surface area (Å²) >= 11 is 0. The third-order valence-electron chi connectivity index (χ3n) is 2.74. The molecular formula is C15H16N2O2. The number of rotatable bonds is 3. The van der Waals surface area contributed by atoms with Gasteiger partial charge in [-0.25, -0.2) is 4.79 Å². The first kappa shape index (κ1) is 13.1. The summed E-state index contributed by atoms with van der Waals surface area (Å²) in [6, 6.07) is 9.46. The number of nitrogens with one attached hydrogen (secondary N) is 1. The molecule has 0 aliphatic carbocycles. The molecule has 0 saturated heterocycles. The highest BCUT2D eigenvalue weighted by molar-refractivity contribution is 5.85. The van der Waals surface area contributed by atoms with Gasteiger partial charge in [0.15, 0.2) is 0 Å². The van der Waals surface area contributed by atoms with Crippen molar-refractivity contribution >= 4 is 11.8 Å². The third-order valence-corrected chi connectivity index (χ3v) is 2.74. The SMILES string of the molecule is Cc1ccc(NC(=O)OCc2ccncc2)c(C)c1. The fraction of sp³-hybridized carbons (Fsp3) is 0.200. The molecule has 19 heavy (non-hydrogen) atoms. The van der Waals surface area contributed by atoms with E-state index in [0.29, 0.717) is 0 Å². The third kappa shape index (κ3) is 3.81. The van der Waals surface area contributed by atoms with E-state index in [1.807, 2.05) is 44.2 Å². The molecule has 98 valence electrons. The predicted molar refractivity (Wildman–Crippen MR) is 74.0 cm³/mol. The number of carbonyl (C=O) groups is 1. The van der Waals surface area contributed by atoms with Crippen molar-refractivity contribution < 1.29 is 9.53 Å². The number of nitrogens with zero attached hydrogens (tertiary/aromatic N) is 1. The highest BCUT2D eigenvalue weighted by atomic mass is 16.5. The highest BCUT2D eigenvalue weighted by Gasteiger charge is 2.05. The van der Waals surface area contributed by atoms with E-state index < -0.39 is 6.09 Å². The second-order valence-electron chi connectivity index (χ2n) is 4.37. The zero-order chi connectivity index (χ0) is 13.7. The number of amides is 1. The van der Waals surface area contributed by atoms with Crippen molar-refractivity contribution in [2.75, 3.05) is 5.32 Å². The topological polar surface area (TPSA) is 51.2 Å². The number of aromatic nitrogens is 1. The van der Waals surface area contributed by atoms with E-state index in [1.165, 1.54) is 0 Å². The van der Waals surface area contributed by atoms with Gasteiger partial charge in [0.05, 0.1) is 0 Å². The van der Waals surface area contributed by atoms with Crippen molar-refractivity contribution in [1.29, 1.82) is 0 Å². The first-order valence-corrected chi connectivity index (χ1v) is 6.05. The molecule has 0 bridgehead atoms. The van der Waals surface area contributed by atoms with Crippen molar-refractivity contribution in [2.45, 2.75) is 20.5 Å². The first-order chi connectivity index (χ1) is 9.15. The van der Waals surface area contributed by atoms with Gasteiger partial charge in [-0.2, -0.15) is 0 Å². The van der Waals surface area contributed by atoms with Crippen molar-refractivity contribution in [3.63, 3.8) is 0 Å². The maximum absolute atomic E-state index is 11.7. The average molecular weight is 256 g/mol. The Kier molecular flexibility index (Phi) is 4.13. The van der Waals surface area contributed by atoms with Gasteiger partial charge in [0.25, 0.3) is 0 Å². The van der Waals surface area contributed by atoms with Crippen LogP contribution in [0.15, 0.2) is 42.7 Å². The van der Waals surface area contributed by atoms with Crippen LogP contribution in [0.5, 0.6) is 0 Å². The van der Waals surface area contributed by atoms with Gasteiger partial charge in [-0.05, 0) is 43.2 Å². The van der Waals surface area contributed by atoms with Gasteiger partial charge in [-0.15, -0.1) is 0 Å². The second kappa shape index (κ2) is 6.00. The molecule has 4 nitrogen and oxygen atoms in total. The van der Waals surface area contributed by atoms with Crippen LogP contribution in [0.4, 0.5) is 10.5 Å². The van der Waals surface area contributed by atoms with E-state index in [9.17, 15) is 4.79 Å². The molecule has 1 amide bonds. The van der Waals surface area contributed by atoms with Gasteiger partial charge in [0.1, 0.15) is 6.61 Å². The molecular weight excluding hydrogens is 240 g/mol. The normalized spacial score (nSPS) is 10.0. The van der Waals surface area contributed by atoms with E-state index in [2.05, 4.69) is 10.3 Å². The Labute approximate surface area is 112 Å². The lowest BCUT2D eigenvalue weighted by molar-refractivity contribution is 0.155. The fourth-order valence-corrected chi connectivity index (χ4v) is 1.73. The Balaban J connectivity index is 1.91. The molecule has 0 spiro atoms. The Morgan fingerprint density at radius 3 is 2.63 bits per heavy atom. The van der Waals surface area contributed by atoms with Crippen LogP contribution >= 0.6 is 0 Å². The quantitative estimate of drug-likeness (QED) is 0.915. The Morgan fingerprint density at radius 2 is 1.95 bits per heavy atom. The molecule has 0 radical (unpaired) electrons. The van der Waals surface area contributed by atoms with E-state index >= 15 is 0 Å². The van der Waals surface area contributed by atoms with Crippen LogP contribution in [0.1, 0.15) is 16.7 Å². The second-order valence-corrected chi connectivity index (χ2v) is 4.37. The number of pyridine rings is 1. The van der Waals surface area contributed by atoms with E-state index in [4.69, 9.17) is 4.74 Å². The summed E-state index contributed by atoms with van der Waals surface area (Å²) in [5, 5.41) is 2.73. The Hall–Kier alpha value is -2.36. The van der Waals surface area contributed by atoms with Gasteiger partial charge in [0, 0.05) is 18.1 Å². The highest BCUT2D eigenvalue weighted by Crippen LogP contribution is 2.16. The molecule has 0 saturated carbocycles. The summed E-state index contributed by atoms with van der Waals surface area (Å²) < 4.78 is 5.14. The maximum Gasteiger partial charge on any atom is 0.411 e. The van der Waals surface area contributed by atoms with Crippen molar-refractivity contribution in [2.24, 2.45) is 0 Å². The zero-order valence-electron chi connectivity index (χ0n) is 11.0. The lowest BCUT2D eigenvalue weighted by atomic mass is 10.1. The van der Waals surface area contributed by atoms with E-state index in [0.717, 1.165) is 22.4 Å². The summed E-state index contributed by atoms with van der Waals surface area (Å²) in [7, 11) is 0. The van der Waals surface area contributed by atoms with Gasteiger partial charge < -0.3 is 4.74 Å². The molecule has 2 aromatic rings. The smallest absolute Gasteiger partial charge is 0.411 e. The molecule has 0 unspecified atom stereocenters. The minimum Gasteiger partial charge on any atom is -0.444 e. The first-order valence-electron chi connectivity index (χ1n) is 6.05. The van der Waals surface area contributed by atoms with Crippen molar-refractivity contribution in [1.82, 2.24) is 4.98 Å². The number of anilines is 1. The molecule has 0 atom stereocenters. The van der Waals surface area contributed by atoms with Crippen LogP contribution in [0.3, 0.4) is 0 Å². The van der Waals surface area contributed by atoms with Crippen LogP contribution in [0.2, 0.25) is 0 Å². The Bertz CT molecular complexity index is 568. The summed E-state index contributed by atoms with van der Waals surface area (Å²) in [6.07, 6.45) is 2.88. The number of carbonyl (C=O) groups excluding carboxylic acids is 1. The lowest BCUT2D eigenvalue weighted by Crippen LogP contribution is -2.14. The van der Waals surface area contributed by atoms with Crippen LogP contribution in [0.25, 0.3) is 0 Å². The lowest BCUT2D eigenvalue weighted by Gasteiger charge is -2.09. The van der Waals surface area contributed by atoms with Gasteiger partial charge in [-0.1, -0.05) is 17.7 Å². The van der Waals surface area contributed by atoms with Crippen molar-refractivity contribution in [3.8, 4) is 0 Å². The molecule has 2 rings (SSSR count). The summed E-state index contributed by atoms with van der Waals surface area (Å²) in [5.74, 6) is 0. The molecule has 0 fully saturated rings. The summed E-state index contributed by atoms with van der Waals surface area (Å²) in [6.45, 7) is 4.20. The van der Waals surface area contributed by atoms with Crippen LogP contribution in [-0.2, 0) is 11.3 Å². The average Bonchev–Trinajstić information content (AvgIpc) is 2.41. The van der Waals surface area contributed by atoms with Crippen LogP contribution in [0, 0.1) is 13.8 Å². The number of hydrogen-bond acceptors (Lipinski definition) is 3. The molecule has 1 N–H and O–H groups in total. The molecule has 4 heteroatoms. The van der Waals surface area contributed by atoms with Crippen molar-refractivity contribution in [3.05, 3.63) is 59.4 Å². The monoisotopic (exact) mass is 256 g/mol. The largest absolute Gasteiger partial charge is 0.444 e. The predicted octanol–water partition coefficient (Wildman–Crippen LogP) is 3.45. The van der Waals surface area contributed by atoms with Gasteiger partial charge >= 0.3 is 6.09 Å². The minimum absolute atomic E-state index is 0.235. The fourth-order valence-electron chi connectivity index (χ4n) is 1.73. The van der Waals surface area contributed by atoms with Crippen LogP contribution < -0.4 is 5.32 Å². The number of benzene rings is 1. The number of aryl methyl sites for hydroxylation is 2.